The number of rotatable bonds is 5. The Bertz CT molecular complexity index is 770. The lowest BCUT2D eigenvalue weighted by Crippen LogP contribution is -2.26. The number of sulfonamides is 1. The van der Waals surface area contributed by atoms with Crippen LogP contribution in [0, 0.1) is 0 Å². The Balaban J connectivity index is 2.25. The van der Waals surface area contributed by atoms with Crippen LogP contribution >= 0.6 is 23.2 Å². The molecule has 5 nitrogen and oxygen atoms in total. The maximum Gasteiger partial charge on any atom is 0.274 e. The molecule has 0 aliphatic heterocycles. The molecular weight excluding hydrogens is 337 g/mol. The van der Waals surface area contributed by atoms with Crippen LogP contribution in [0.2, 0.25) is 10.0 Å². The fourth-order valence-corrected chi connectivity index (χ4v) is 3.48. The first kappa shape index (κ1) is 16.0. The fraction of sp³-hybridized carbons (Fsp3) is 0.154. The molecule has 0 aliphatic carbocycles. The van der Waals surface area contributed by atoms with Gasteiger partial charge in [-0.1, -0.05) is 29.3 Å². The standard InChI is InChI=1S/C13H11Cl2NO4S/c1-8(11-4-2-9(14)6-12(11)15)16-21(18,19)13-5-3-10(7-17)20-13/h2-8,16H,1H3. The van der Waals surface area contributed by atoms with Crippen molar-refractivity contribution in [1.29, 1.82) is 0 Å². The molecule has 0 radical (unpaired) electrons. The molecule has 1 aromatic carbocycles. The van der Waals surface area contributed by atoms with Crippen molar-refractivity contribution >= 4 is 39.5 Å². The summed E-state index contributed by atoms with van der Waals surface area (Å²) >= 11 is 11.8. The number of aldehydes is 1. The van der Waals surface area contributed by atoms with Crippen molar-refractivity contribution in [2.45, 2.75) is 18.1 Å². The molecule has 0 saturated heterocycles. The second-order valence-electron chi connectivity index (χ2n) is 4.28. The molecule has 1 aromatic heterocycles. The third kappa shape index (κ3) is 3.65. The van der Waals surface area contributed by atoms with Gasteiger partial charge in [-0.2, -0.15) is 0 Å². The van der Waals surface area contributed by atoms with Gasteiger partial charge in [-0.05, 0) is 36.8 Å². The van der Waals surface area contributed by atoms with Crippen LogP contribution in [-0.4, -0.2) is 14.7 Å². The first-order valence-corrected chi connectivity index (χ1v) is 8.09. The highest BCUT2D eigenvalue weighted by Gasteiger charge is 2.23. The summed E-state index contributed by atoms with van der Waals surface area (Å²) in [6.07, 6.45) is 0.429. The zero-order chi connectivity index (χ0) is 15.6. The van der Waals surface area contributed by atoms with Crippen molar-refractivity contribution in [3.63, 3.8) is 0 Å². The van der Waals surface area contributed by atoms with Crippen molar-refractivity contribution in [2.24, 2.45) is 0 Å². The Morgan fingerprint density at radius 3 is 2.52 bits per heavy atom. The zero-order valence-corrected chi connectivity index (χ0v) is 13.2. The maximum absolute atomic E-state index is 12.1. The van der Waals surface area contributed by atoms with Gasteiger partial charge in [0.15, 0.2) is 12.0 Å². The average Bonchev–Trinajstić information content (AvgIpc) is 2.87. The molecule has 112 valence electrons. The molecule has 1 atom stereocenters. The third-order valence-corrected chi connectivity index (χ3v) is 4.72. The molecule has 1 heterocycles. The van der Waals surface area contributed by atoms with Crippen molar-refractivity contribution in [3.05, 3.63) is 51.7 Å². The van der Waals surface area contributed by atoms with Crippen LogP contribution in [0.5, 0.6) is 0 Å². The molecular formula is C13H11Cl2NO4S. The first-order chi connectivity index (χ1) is 9.83. The number of furan rings is 1. The van der Waals surface area contributed by atoms with Crippen LogP contribution in [0.25, 0.3) is 0 Å². The Morgan fingerprint density at radius 1 is 1.24 bits per heavy atom. The smallest absolute Gasteiger partial charge is 0.274 e. The predicted octanol–water partition coefficient (Wildman–Crippen LogP) is 3.44. The Kier molecular flexibility index (Phi) is 4.73. The van der Waals surface area contributed by atoms with Gasteiger partial charge in [0.2, 0.25) is 5.09 Å². The number of carbonyl (C=O) groups excluding carboxylic acids is 1. The van der Waals surface area contributed by atoms with E-state index < -0.39 is 16.1 Å². The van der Waals surface area contributed by atoms with E-state index in [9.17, 15) is 13.2 Å². The number of benzene rings is 1. The summed E-state index contributed by atoms with van der Waals surface area (Å²) in [6, 6.07) is 6.68. The molecule has 8 heteroatoms. The SMILES string of the molecule is CC(NS(=O)(=O)c1ccc(C=O)o1)c1ccc(Cl)cc1Cl. The lowest BCUT2D eigenvalue weighted by molar-refractivity contribution is 0.109. The first-order valence-electron chi connectivity index (χ1n) is 5.86. The van der Waals surface area contributed by atoms with Crippen molar-refractivity contribution in [3.8, 4) is 0 Å². The van der Waals surface area contributed by atoms with E-state index in [1.54, 1.807) is 19.1 Å². The van der Waals surface area contributed by atoms with Crippen LogP contribution in [0.3, 0.4) is 0 Å². The number of carbonyl (C=O) groups is 1. The van der Waals surface area contributed by atoms with E-state index in [0.717, 1.165) is 0 Å². The molecule has 0 amide bonds. The van der Waals surface area contributed by atoms with E-state index in [0.29, 0.717) is 21.9 Å². The number of halogens is 2. The van der Waals surface area contributed by atoms with E-state index in [-0.39, 0.29) is 10.9 Å². The average molecular weight is 348 g/mol. The summed E-state index contributed by atoms with van der Waals surface area (Å²) in [4.78, 5) is 10.5. The van der Waals surface area contributed by atoms with Crippen molar-refractivity contribution in [1.82, 2.24) is 4.72 Å². The lowest BCUT2D eigenvalue weighted by Gasteiger charge is -2.15. The van der Waals surface area contributed by atoms with Gasteiger partial charge in [0.25, 0.3) is 10.0 Å². The van der Waals surface area contributed by atoms with E-state index >= 15 is 0 Å². The Labute approximate surface area is 131 Å². The van der Waals surface area contributed by atoms with Crippen LogP contribution in [-0.2, 0) is 10.0 Å². The predicted molar refractivity (Wildman–Crippen MR) is 79.3 cm³/mol. The van der Waals surface area contributed by atoms with E-state index in [2.05, 4.69) is 4.72 Å². The van der Waals surface area contributed by atoms with Crippen molar-refractivity contribution in [2.75, 3.05) is 0 Å². The summed E-state index contributed by atoms with van der Waals surface area (Å²) in [5, 5.41) is 0.479. The normalized spacial score (nSPS) is 13.1. The second-order valence-corrected chi connectivity index (χ2v) is 6.77. The fourth-order valence-electron chi connectivity index (χ4n) is 1.75. The summed E-state index contributed by atoms with van der Waals surface area (Å²) in [7, 11) is -3.89. The Morgan fingerprint density at radius 2 is 1.95 bits per heavy atom. The molecule has 1 unspecified atom stereocenters. The molecule has 0 aliphatic rings. The minimum absolute atomic E-state index is 0.0625. The van der Waals surface area contributed by atoms with Crippen LogP contribution < -0.4 is 4.72 Å². The van der Waals surface area contributed by atoms with Crippen molar-refractivity contribution < 1.29 is 17.6 Å². The number of nitrogens with one attached hydrogen (secondary N) is 1. The minimum Gasteiger partial charge on any atom is -0.440 e. The topological polar surface area (TPSA) is 76.4 Å². The monoisotopic (exact) mass is 347 g/mol. The molecule has 1 N–H and O–H groups in total. The van der Waals surface area contributed by atoms with E-state index in [1.807, 2.05) is 0 Å². The zero-order valence-electron chi connectivity index (χ0n) is 10.8. The molecule has 21 heavy (non-hydrogen) atoms. The van der Waals surface area contributed by atoms with E-state index in [4.69, 9.17) is 27.6 Å². The van der Waals surface area contributed by atoms with Gasteiger partial charge >= 0.3 is 0 Å². The highest BCUT2D eigenvalue weighted by Crippen LogP contribution is 2.27. The van der Waals surface area contributed by atoms with Gasteiger partial charge in [0.1, 0.15) is 0 Å². The van der Waals surface area contributed by atoms with E-state index in [1.165, 1.54) is 18.2 Å². The summed E-state index contributed by atoms with van der Waals surface area (Å²) in [5.41, 5.74) is 0.576. The summed E-state index contributed by atoms with van der Waals surface area (Å²) in [5.74, 6) is -0.0625. The van der Waals surface area contributed by atoms with Gasteiger partial charge in [0.05, 0.1) is 0 Å². The number of hydrogen-bond donors (Lipinski definition) is 1. The quantitative estimate of drug-likeness (QED) is 0.840. The van der Waals surface area contributed by atoms with Gasteiger partial charge in [-0.15, -0.1) is 0 Å². The highest BCUT2D eigenvalue weighted by molar-refractivity contribution is 7.89. The summed E-state index contributed by atoms with van der Waals surface area (Å²) in [6.45, 7) is 1.64. The molecule has 0 bridgehead atoms. The molecule has 0 fully saturated rings. The van der Waals surface area contributed by atoms with Gasteiger partial charge in [-0.25, -0.2) is 13.1 Å². The molecule has 2 aromatic rings. The van der Waals surface area contributed by atoms with Crippen LogP contribution in [0.1, 0.15) is 29.1 Å². The molecule has 0 saturated carbocycles. The summed E-state index contributed by atoms with van der Waals surface area (Å²) < 4.78 is 31.6. The molecule has 0 spiro atoms. The Hall–Kier alpha value is -1.34. The lowest BCUT2D eigenvalue weighted by atomic mass is 10.1. The molecule has 2 rings (SSSR count). The van der Waals surface area contributed by atoms with Crippen LogP contribution in [0.15, 0.2) is 39.8 Å². The number of hydrogen-bond acceptors (Lipinski definition) is 4. The van der Waals surface area contributed by atoms with Gasteiger partial charge in [-0.3, -0.25) is 4.79 Å². The van der Waals surface area contributed by atoms with Crippen LogP contribution in [0.4, 0.5) is 0 Å². The maximum atomic E-state index is 12.1. The highest BCUT2D eigenvalue weighted by atomic mass is 35.5. The van der Waals surface area contributed by atoms with Gasteiger partial charge in [0, 0.05) is 16.1 Å². The second kappa shape index (κ2) is 6.19. The largest absolute Gasteiger partial charge is 0.440 e. The van der Waals surface area contributed by atoms with Gasteiger partial charge < -0.3 is 4.42 Å². The third-order valence-electron chi connectivity index (χ3n) is 2.74. The minimum atomic E-state index is -3.89.